The van der Waals surface area contributed by atoms with Crippen LogP contribution in [0.2, 0.25) is 0 Å². The van der Waals surface area contributed by atoms with Crippen molar-refractivity contribution in [1.29, 1.82) is 0 Å². The molecule has 0 spiro atoms. The molecule has 0 aromatic carbocycles. The van der Waals surface area contributed by atoms with Crippen LogP contribution in [0.4, 0.5) is 0 Å². The van der Waals surface area contributed by atoms with Gasteiger partial charge in [0.15, 0.2) is 0 Å². The lowest BCUT2D eigenvalue weighted by molar-refractivity contribution is 0.171. The average Bonchev–Trinajstić information content (AvgIpc) is 1.98. The van der Waals surface area contributed by atoms with E-state index < -0.39 is 0 Å². The molecule has 4 N–H and O–H groups in total. The molecule has 11 heavy (non-hydrogen) atoms. The molecule has 0 rings (SSSR count). The van der Waals surface area contributed by atoms with Gasteiger partial charge in [-0.2, -0.15) is 0 Å². The minimum atomic E-state index is -0.362. The van der Waals surface area contributed by atoms with E-state index in [1.807, 2.05) is 6.92 Å². The number of aliphatic hydroxyl groups is 2. The number of aliphatic hydroxyl groups excluding tert-OH is 2. The highest BCUT2D eigenvalue weighted by molar-refractivity contribution is 4.59. The highest BCUT2D eigenvalue weighted by atomic mass is 16.3. The second-order valence-electron chi connectivity index (χ2n) is 2.66. The Morgan fingerprint density at radius 1 is 1.45 bits per heavy atom. The van der Waals surface area contributed by atoms with Crippen molar-refractivity contribution in [2.45, 2.75) is 32.4 Å². The smallest absolute Gasteiger partial charge is 0.0650 e. The van der Waals surface area contributed by atoms with Crippen LogP contribution >= 0.6 is 0 Å². The van der Waals surface area contributed by atoms with Crippen molar-refractivity contribution >= 4 is 0 Å². The third kappa shape index (κ3) is 6.25. The fraction of sp³-hybridized carbons (Fsp3) is 1.00. The van der Waals surface area contributed by atoms with E-state index in [-0.39, 0.29) is 18.8 Å². The average molecular weight is 162 g/mol. The van der Waals surface area contributed by atoms with Crippen LogP contribution in [0.3, 0.4) is 0 Å². The standard InChI is InChI=1S/C7H18N2O2/c1-3-7(5-10)9-8-4-6(2)11/h6-11H,3-5H2,1-2H3. The third-order valence-electron chi connectivity index (χ3n) is 1.42. The van der Waals surface area contributed by atoms with Crippen molar-refractivity contribution in [3.8, 4) is 0 Å². The van der Waals surface area contributed by atoms with Crippen molar-refractivity contribution in [1.82, 2.24) is 10.9 Å². The number of nitrogens with one attached hydrogen (secondary N) is 2. The quantitative estimate of drug-likeness (QED) is 0.387. The number of hydrogen-bond acceptors (Lipinski definition) is 4. The van der Waals surface area contributed by atoms with Crippen molar-refractivity contribution in [2.24, 2.45) is 0 Å². The van der Waals surface area contributed by atoms with Gasteiger partial charge in [-0.3, -0.25) is 10.9 Å². The van der Waals surface area contributed by atoms with Crippen LogP contribution in [0.25, 0.3) is 0 Å². The molecule has 0 aromatic heterocycles. The first kappa shape index (κ1) is 10.8. The van der Waals surface area contributed by atoms with Crippen LogP contribution < -0.4 is 10.9 Å². The molecular formula is C7H18N2O2. The summed E-state index contributed by atoms with van der Waals surface area (Å²) in [6, 6.07) is 0.0775. The Labute approximate surface area is 67.6 Å². The highest BCUT2D eigenvalue weighted by Gasteiger charge is 2.02. The Kier molecular flexibility index (Phi) is 6.45. The van der Waals surface area contributed by atoms with Gasteiger partial charge in [-0.25, -0.2) is 0 Å². The van der Waals surface area contributed by atoms with Gasteiger partial charge in [0.25, 0.3) is 0 Å². The van der Waals surface area contributed by atoms with Gasteiger partial charge in [-0.1, -0.05) is 6.92 Å². The van der Waals surface area contributed by atoms with Crippen molar-refractivity contribution in [3.63, 3.8) is 0 Å². The predicted molar refractivity (Wildman–Crippen MR) is 44.0 cm³/mol. The zero-order chi connectivity index (χ0) is 8.69. The van der Waals surface area contributed by atoms with Crippen molar-refractivity contribution < 1.29 is 10.2 Å². The van der Waals surface area contributed by atoms with Gasteiger partial charge in [-0.15, -0.1) is 0 Å². The lowest BCUT2D eigenvalue weighted by Crippen LogP contribution is -2.45. The first-order valence-corrected chi connectivity index (χ1v) is 3.98. The SMILES string of the molecule is CCC(CO)NNCC(C)O. The molecule has 0 radical (unpaired) electrons. The molecule has 0 heterocycles. The van der Waals surface area contributed by atoms with Crippen LogP contribution in [0.15, 0.2) is 0 Å². The Bertz CT molecular complexity index is 84.5. The maximum absolute atomic E-state index is 8.85. The first-order valence-electron chi connectivity index (χ1n) is 3.98. The van der Waals surface area contributed by atoms with E-state index in [2.05, 4.69) is 10.9 Å². The summed E-state index contributed by atoms with van der Waals surface area (Å²) in [6.07, 6.45) is 0.502. The Balaban J connectivity index is 3.21. The molecule has 0 bridgehead atoms. The van der Waals surface area contributed by atoms with Gasteiger partial charge >= 0.3 is 0 Å². The molecule has 4 heteroatoms. The summed E-state index contributed by atoms with van der Waals surface area (Å²) in [5.41, 5.74) is 5.72. The van der Waals surface area contributed by atoms with Gasteiger partial charge < -0.3 is 10.2 Å². The fourth-order valence-electron chi connectivity index (χ4n) is 0.628. The Morgan fingerprint density at radius 2 is 2.09 bits per heavy atom. The maximum Gasteiger partial charge on any atom is 0.0650 e. The van der Waals surface area contributed by atoms with E-state index >= 15 is 0 Å². The van der Waals surface area contributed by atoms with E-state index in [1.165, 1.54) is 0 Å². The zero-order valence-electron chi connectivity index (χ0n) is 7.17. The molecule has 0 saturated heterocycles. The summed E-state index contributed by atoms with van der Waals surface area (Å²) < 4.78 is 0. The van der Waals surface area contributed by atoms with Crippen molar-refractivity contribution in [2.75, 3.05) is 13.2 Å². The highest BCUT2D eigenvalue weighted by Crippen LogP contribution is 1.85. The van der Waals surface area contributed by atoms with E-state index in [0.717, 1.165) is 6.42 Å². The summed E-state index contributed by atoms with van der Waals surface area (Å²) >= 11 is 0. The molecule has 2 atom stereocenters. The van der Waals surface area contributed by atoms with Crippen LogP contribution in [-0.2, 0) is 0 Å². The molecule has 0 saturated carbocycles. The van der Waals surface area contributed by atoms with E-state index in [9.17, 15) is 0 Å². The molecule has 0 aliphatic rings. The van der Waals surface area contributed by atoms with Crippen LogP contribution in [0.1, 0.15) is 20.3 Å². The summed E-state index contributed by atoms with van der Waals surface area (Å²) in [7, 11) is 0. The third-order valence-corrected chi connectivity index (χ3v) is 1.42. The van der Waals surface area contributed by atoms with Gasteiger partial charge in [0.2, 0.25) is 0 Å². The molecule has 0 aliphatic carbocycles. The largest absolute Gasteiger partial charge is 0.395 e. The lowest BCUT2D eigenvalue weighted by atomic mass is 10.2. The Hall–Kier alpha value is -0.160. The van der Waals surface area contributed by atoms with Crippen LogP contribution in [0, 0.1) is 0 Å². The summed E-state index contributed by atoms with van der Waals surface area (Å²) in [6.45, 7) is 4.30. The van der Waals surface area contributed by atoms with Gasteiger partial charge in [0, 0.05) is 12.6 Å². The summed E-state index contributed by atoms with van der Waals surface area (Å²) in [4.78, 5) is 0. The van der Waals surface area contributed by atoms with Gasteiger partial charge in [0.1, 0.15) is 0 Å². The number of rotatable bonds is 6. The number of hydrazine groups is 1. The Morgan fingerprint density at radius 3 is 2.45 bits per heavy atom. The molecule has 0 aromatic rings. The second kappa shape index (κ2) is 6.54. The van der Waals surface area contributed by atoms with Gasteiger partial charge in [0.05, 0.1) is 12.7 Å². The zero-order valence-corrected chi connectivity index (χ0v) is 7.17. The second-order valence-corrected chi connectivity index (χ2v) is 2.66. The molecule has 0 fully saturated rings. The molecule has 2 unspecified atom stereocenters. The molecule has 0 aliphatic heterocycles. The fourth-order valence-corrected chi connectivity index (χ4v) is 0.628. The minimum absolute atomic E-state index is 0.0775. The normalized spacial score (nSPS) is 16.4. The molecule has 4 nitrogen and oxygen atoms in total. The van der Waals surface area contributed by atoms with Crippen LogP contribution in [0.5, 0.6) is 0 Å². The number of hydrogen-bond donors (Lipinski definition) is 4. The lowest BCUT2D eigenvalue weighted by Gasteiger charge is -2.15. The minimum Gasteiger partial charge on any atom is -0.395 e. The topological polar surface area (TPSA) is 64.5 Å². The summed E-state index contributed by atoms with van der Waals surface area (Å²) in [5.74, 6) is 0. The molecule has 0 amide bonds. The van der Waals surface area contributed by atoms with Crippen molar-refractivity contribution in [3.05, 3.63) is 0 Å². The summed E-state index contributed by atoms with van der Waals surface area (Å²) in [5, 5.41) is 17.6. The van der Waals surface area contributed by atoms with E-state index in [4.69, 9.17) is 10.2 Å². The van der Waals surface area contributed by atoms with Gasteiger partial charge in [-0.05, 0) is 13.3 Å². The van der Waals surface area contributed by atoms with E-state index in [1.54, 1.807) is 6.92 Å². The van der Waals surface area contributed by atoms with E-state index in [0.29, 0.717) is 6.54 Å². The predicted octanol–water partition coefficient (Wildman–Crippen LogP) is -0.768. The van der Waals surface area contributed by atoms with Crippen LogP contribution in [-0.4, -0.2) is 35.5 Å². The monoisotopic (exact) mass is 162 g/mol. The first-order chi connectivity index (χ1) is 5.20. The molecular weight excluding hydrogens is 144 g/mol. The maximum atomic E-state index is 8.85. The molecule has 68 valence electrons.